The molecule has 124 valence electrons. The van der Waals surface area contributed by atoms with Gasteiger partial charge >= 0.3 is 0 Å². The molecule has 3 heterocycles. The molecule has 0 aliphatic carbocycles. The van der Waals surface area contributed by atoms with Crippen LogP contribution in [0.1, 0.15) is 6.42 Å². The number of nitrogens with two attached hydrogens (primary N) is 1. The van der Waals surface area contributed by atoms with E-state index in [1.165, 1.54) is 0 Å². The van der Waals surface area contributed by atoms with Crippen molar-refractivity contribution < 1.29 is 4.39 Å². The van der Waals surface area contributed by atoms with Gasteiger partial charge in [0.25, 0.3) is 0 Å². The van der Waals surface area contributed by atoms with Crippen LogP contribution in [0.25, 0.3) is 21.9 Å². The van der Waals surface area contributed by atoms with Gasteiger partial charge in [0.1, 0.15) is 5.65 Å². The maximum absolute atomic E-state index is 12.1. The van der Waals surface area contributed by atoms with E-state index in [9.17, 15) is 4.39 Å². The van der Waals surface area contributed by atoms with Gasteiger partial charge < -0.3 is 10.3 Å². The van der Waals surface area contributed by atoms with Crippen molar-refractivity contribution in [2.75, 3.05) is 19.8 Å². The maximum atomic E-state index is 12.1. The molecule has 24 heavy (non-hydrogen) atoms. The predicted octanol–water partition coefficient (Wildman–Crippen LogP) is 2.58. The van der Waals surface area contributed by atoms with Crippen LogP contribution >= 0.6 is 0 Å². The minimum absolute atomic E-state index is 0.248. The van der Waals surface area contributed by atoms with Gasteiger partial charge in [-0.2, -0.15) is 0 Å². The lowest BCUT2D eigenvalue weighted by Crippen LogP contribution is -2.15. The molecule has 6 nitrogen and oxygen atoms in total. The first-order chi connectivity index (χ1) is 11.7. The monoisotopic (exact) mass is 326 g/mol. The minimum Gasteiger partial charge on any atom is -0.328 e. The molecule has 0 atom stereocenters. The number of hydrogen-bond donors (Lipinski definition) is 1. The van der Waals surface area contributed by atoms with Gasteiger partial charge in [-0.05, 0) is 24.6 Å². The van der Waals surface area contributed by atoms with Crippen molar-refractivity contribution in [3.8, 4) is 0 Å². The van der Waals surface area contributed by atoms with Crippen LogP contribution in [0.3, 0.4) is 0 Å². The van der Waals surface area contributed by atoms with Crippen LogP contribution in [-0.4, -0.2) is 46.2 Å². The van der Waals surface area contributed by atoms with Crippen molar-refractivity contribution in [2.24, 2.45) is 22.8 Å². The lowest BCUT2D eigenvalue weighted by Gasteiger charge is -2.00. The third-order valence-corrected chi connectivity index (χ3v) is 3.76. The summed E-state index contributed by atoms with van der Waals surface area (Å²) in [5, 5.41) is 2.09. The van der Waals surface area contributed by atoms with Gasteiger partial charge in [-0.15, -0.1) is 0 Å². The van der Waals surface area contributed by atoms with Crippen LogP contribution in [0.4, 0.5) is 10.2 Å². The fourth-order valence-electron chi connectivity index (χ4n) is 2.56. The Morgan fingerprint density at radius 2 is 2.21 bits per heavy atom. The Morgan fingerprint density at radius 1 is 1.33 bits per heavy atom. The average Bonchev–Trinajstić information content (AvgIpc) is 2.90. The largest absolute Gasteiger partial charge is 0.328 e. The van der Waals surface area contributed by atoms with E-state index in [1.807, 2.05) is 36.0 Å². The summed E-state index contributed by atoms with van der Waals surface area (Å²) in [7, 11) is 1.97. The van der Waals surface area contributed by atoms with E-state index in [2.05, 4.69) is 20.0 Å². The number of aliphatic imine (C=N–C) groups is 2. The molecule has 3 aromatic rings. The van der Waals surface area contributed by atoms with Crippen LogP contribution in [0, 0.1) is 0 Å². The number of hydrogen-bond acceptors (Lipinski definition) is 5. The number of rotatable bonds is 6. The highest BCUT2D eigenvalue weighted by molar-refractivity contribution is 6.32. The molecular weight excluding hydrogens is 307 g/mol. The summed E-state index contributed by atoms with van der Waals surface area (Å²) < 4.78 is 14.1. The third kappa shape index (κ3) is 3.16. The zero-order valence-electron chi connectivity index (χ0n) is 13.5. The smallest absolute Gasteiger partial charge is 0.154 e. The zero-order chi connectivity index (χ0) is 16.9. The molecule has 0 bridgehead atoms. The summed E-state index contributed by atoms with van der Waals surface area (Å²) >= 11 is 0. The van der Waals surface area contributed by atoms with E-state index in [0.717, 1.165) is 21.9 Å². The fourth-order valence-corrected chi connectivity index (χ4v) is 2.56. The predicted molar refractivity (Wildman–Crippen MR) is 96.1 cm³/mol. The molecular formula is C17H19FN6. The highest BCUT2D eigenvalue weighted by Gasteiger charge is 2.09. The fraction of sp³-hybridized carbons (Fsp3) is 0.294. The highest BCUT2D eigenvalue weighted by Crippen LogP contribution is 2.27. The molecule has 0 aromatic carbocycles. The summed E-state index contributed by atoms with van der Waals surface area (Å²) in [5.41, 5.74) is 8.22. The van der Waals surface area contributed by atoms with Gasteiger partial charge in [-0.1, -0.05) is 0 Å². The first kappa shape index (κ1) is 16.2. The number of alkyl halides is 1. The zero-order valence-corrected chi connectivity index (χ0v) is 13.5. The second-order valence-electron chi connectivity index (χ2n) is 5.38. The van der Waals surface area contributed by atoms with Gasteiger partial charge in [0.05, 0.1) is 17.9 Å². The third-order valence-electron chi connectivity index (χ3n) is 3.76. The lowest BCUT2D eigenvalue weighted by molar-refractivity contribution is 0.478. The Labute approximate surface area is 139 Å². The van der Waals surface area contributed by atoms with E-state index in [1.54, 1.807) is 12.4 Å². The Bertz CT molecular complexity index is 912. The van der Waals surface area contributed by atoms with Crippen molar-refractivity contribution >= 4 is 39.7 Å². The van der Waals surface area contributed by atoms with Gasteiger partial charge in [-0.3, -0.25) is 14.4 Å². The number of fused-ring (bicyclic) bond motifs is 3. The summed E-state index contributed by atoms with van der Waals surface area (Å²) in [6.45, 7) is 0.302. The number of halogens is 1. The Balaban J connectivity index is 1.98. The average molecular weight is 326 g/mol. The topological polar surface area (TPSA) is 81.5 Å². The molecule has 0 aliphatic heterocycles. The van der Waals surface area contributed by atoms with E-state index in [4.69, 9.17) is 5.73 Å². The van der Waals surface area contributed by atoms with Crippen LogP contribution in [0.15, 0.2) is 40.6 Å². The van der Waals surface area contributed by atoms with Crippen molar-refractivity contribution in [1.29, 1.82) is 0 Å². The summed E-state index contributed by atoms with van der Waals surface area (Å²) in [6.07, 6.45) is 5.60. The Hall–Kier alpha value is -2.67. The Morgan fingerprint density at radius 3 is 3.00 bits per heavy atom. The van der Waals surface area contributed by atoms with Crippen LogP contribution in [0.5, 0.6) is 0 Å². The van der Waals surface area contributed by atoms with Gasteiger partial charge in [-0.25, -0.2) is 9.98 Å². The number of nitrogens with zero attached hydrogens (tertiary/aromatic N) is 5. The molecule has 7 heteroatoms. The van der Waals surface area contributed by atoms with Gasteiger partial charge in [0.2, 0.25) is 0 Å². The molecule has 0 spiro atoms. The Kier molecular flexibility index (Phi) is 4.90. The number of pyridine rings is 2. The summed E-state index contributed by atoms with van der Waals surface area (Å²) in [4.78, 5) is 17.4. The number of aryl methyl sites for hydroxylation is 1. The van der Waals surface area contributed by atoms with Gasteiger partial charge in [0.15, 0.2) is 5.82 Å². The molecule has 0 amide bonds. The molecule has 0 saturated heterocycles. The first-order valence-electron chi connectivity index (χ1n) is 7.77. The molecule has 0 fully saturated rings. The van der Waals surface area contributed by atoms with Crippen LogP contribution in [0.2, 0.25) is 0 Å². The SMILES string of the molecule is Cn1c2ccncc2c2ccc(N=C(C=NCCCF)CN)nc21. The van der Waals surface area contributed by atoms with E-state index < -0.39 is 0 Å². The van der Waals surface area contributed by atoms with Crippen molar-refractivity contribution in [1.82, 2.24) is 14.5 Å². The van der Waals surface area contributed by atoms with Crippen LogP contribution in [-0.2, 0) is 7.05 Å². The molecule has 0 unspecified atom stereocenters. The minimum atomic E-state index is -0.374. The van der Waals surface area contributed by atoms with Crippen molar-refractivity contribution in [3.63, 3.8) is 0 Å². The molecule has 3 rings (SSSR count). The standard InChI is InChI=1S/C17H19FN6/c1-24-15-5-8-21-11-14(15)13-3-4-16(23-17(13)24)22-12(9-19)10-20-7-2-6-18/h3-5,8,10-11H,2,6-7,9,19H2,1H3. The number of aromatic nitrogens is 3. The maximum Gasteiger partial charge on any atom is 0.154 e. The van der Waals surface area contributed by atoms with E-state index in [-0.39, 0.29) is 13.2 Å². The quantitative estimate of drug-likeness (QED) is 0.558. The van der Waals surface area contributed by atoms with E-state index >= 15 is 0 Å². The second kappa shape index (κ2) is 7.27. The molecule has 0 saturated carbocycles. The second-order valence-corrected chi connectivity index (χ2v) is 5.38. The molecule has 2 N–H and O–H groups in total. The van der Waals surface area contributed by atoms with Crippen molar-refractivity contribution in [2.45, 2.75) is 6.42 Å². The molecule has 0 radical (unpaired) electrons. The first-order valence-corrected chi connectivity index (χ1v) is 7.77. The lowest BCUT2D eigenvalue weighted by atomic mass is 10.2. The van der Waals surface area contributed by atoms with Crippen LogP contribution < -0.4 is 5.73 Å². The summed E-state index contributed by atoms with van der Waals surface area (Å²) in [6, 6.07) is 5.79. The molecule has 3 aromatic heterocycles. The normalized spacial score (nSPS) is 12.7. The summed E-state index contributed by atoms with van der Waals surface area (Å²) in [5.74, 6) is 0.568. The highest BCUT2D eigenvalue weighted by atomic mass is 19.1. The van der Waals surface area contributed by atoms with Gasteiger partial charge in [0, 0.05) is 49.5 Å². The van der Waals surface area contributed by atoms with E-state index in [0.29, 0.717) is 24.5 Å². The molecule has 0 aliphatic rings. The van der Waals surface area contributed by atoms with Crippen molar-refractivity contribution in [3.05, 3.63) is 30.6 Å².